The second-order valence-corrected chi connectivity index (χ2v) is 5.92. The second kappa shape index (κ2) is 9.78. The van der Waals surface area contributed by atoms with Gasteiger partial charge in [0.2, 0.25) is 0 Å². The molecule has 0 N–H and O–H groups in total. The van der Waals surface area contributed by atoms with Crippen molar-refractivity contribution in [3.63, 3.8) is 0 Å². The second-order valence-electron chi connectivity index (χ2n) is 5.51. The zero-order valence-electron chi connectivity index (χ0n) is 13.5. The van der Waals surface area contributed by atoms with Crippen LogP contribution in [0.1, 0.15) is 68.4 Å². The van der Waals surface area contributed by atoms with E-state index in [2.05, 4.69) is 18.8 Å². The number of aromatic nitrogens is 1. The largest absolute Gasteiger partial charge is 0.339 e. The number of aryl methyl sites for hydroxylation is 1. The summed E-state index contributed by atoms with van der Waals surface area (Å²) >= 11 is 6.20. The number of unbranched alkanes of at least 4 members (excludes halogenated alkanes) is 4. The smallest absolute Gasteiger partial charge is 0.256 e. The molecule has 0 aromatic carbocycles. The van der Waals surface area contributed by atoms with Crippen LogP contribution in [-0.2, 0) is 0 Å². The Labute approximate surface area is 133 Å². The molecule has 0 aliphatic heterocycles. The van der Waals surface area contributed by atoms with Gasteiger partial charge in [-0.15, -0.1) is 0 Å². The van der Waals surface area contributed by atoms with Gasteiger partial charge >= 0.3 is 0 Å². The molecular weight excluding hydrogens is 284 g/mol. The Kier molecular flexibility index (Phi) is 8.36. The maximum absolute atomic E-state index is 12.7. The minimum atomic E-state index is 0.0136. The predicted octanol–water partition coefficient (Wildman–Crippen LogP) is 4.87. The van der Waals surface area contributed by atoms with Gasteiger partial charge in [-0.1, -0.05) is 51.1 Å². The molecular formula is C17H27ClN2O. The van der Waals surface area contributed by atoms with Gasteiger partial charge in [-0.25, -0.2) is 0 Å². The Bertz CT molecular complexity index is 438. The van der Waals surface area contributed by atoms with E-state index in [0.29, 0.717) is 10.6 Å². The third kappa shape index (κ3) is 6.04. The minimum Gasteiger partial charge on any atom is -0.339 e. The van der Waals surface area contributed by atoms with E-state index in [1.807, 2.05) is 11.8 Å². The Balaban J connectivity index is 2.76. The van der Waals surface area contributed by atoms with Crippen LogP contribution in [0.25, 0.3) is 0 Å². The SMILES string of the molecule is CCCCCN(CCCCC)C(=O)c1cnc(C)cc1Cl. The fourth-order valence-corrected chi connectivity index (χ4v) is 2.56. The summed E-state index contributed by atoms with van der Waals surface area (Å²) in [6.07, 6.45) is 8.31. The van der Waals surface area contributed by atoms with Gasteiger partial charge in [0.1, 0.15) is 0 Å². The molecule has 0 bridgehead atoms. The van der Waals surface area contributed by atoms with Gasteiger partial charge in [0, 0.05) is 25.0 Å². The average molecular weight is 311 g/mol. The van der Waals surface area contributed by atoms with Crippen LogP contribution in [0.15, 0.2) is 12.3 Å². The standard InChI is InChI=1S/C17H27ClN2O/c1-4-6-8-10-20(11-9-7-5-2)17(21)15-13-19-14(3)12-16(15)18/h12-13H,4-11H2,1-3H3. The number of pyridine rings is 1. The molecule has 1 aromatic heterocycles. The Morgan fingerprint density at radius 3 is 2.19 bits per heavy atom. The molecule has 4 heteroatoms. The van der Waals surface area contributed by atoms with E-state index in [9.17, 15) is 4.79 Å². The van der Waals surface area contributed by atoms with Gasteiger partial charge < -0.3 is 4.90 Å². The van der Waals surface area contributed by atoms with E-state index in [4.69, 9.17) is 11.6 Å². The fraction of sp³-hybridized carbons (Fsp3) is 0.647. The normalized spacial score (nSPS) is 10.7. The molecule has 1 heterocycles. The lowest BCUT2D eigenvalue weighted by Gasteiger charge is -2.23. The van der Waals surface area contributed by atoms with E-state index >= 15 is 0 Å². The van der Waals surface area contributed by atoms with Crippen LogP contribution >= 0.6 is 11.6 Å². The minimum absolute atomic E-state index is 0.0136. The highest BCUT2D eigenvalue weighted by Gasteiger charge is 2.18. The fourth-order valence-electron chi connectivity index (χ4n) is 2.27. The van der Waals surface area contributed by atoms with Crippen molar-refractivity contribution in [1.29, 1.82) is 0 Å². The van der Waals surface area contributed by atoms with Crippen LogP contribution in [0.5, 0.6) is 0 Å². The van der Waals surface area contributed by atoms with Crippen LogP contribution in [0.3, 0.4) is 0 Å². The van der Waals surface area contributed by atoms with Gasteiger partial charge in [0.25, 0.3) is 5.91 Å². The molecule has 1 aromatic rings. The zero-order valence-corrected chi connectivity index (χ0v) is 14.2. The van der Waals surface area contributed by atoms with Crippen molar-refractivity contribution >= 4 is 17.5 Å². The summed E-state index contributed by atoms with van der Waals surface area (Å²) in [5.41, 5.74) is 1.36. The number of hydrogen-bond donors (Lipinski definition) is 0. The molecule has 21 heavy (non-hydrogen) atoms. The maximum Gasteiger partial charge on any atom is 0.256 e. The van der Waals surface area contributed by atoms with Gasteiger partial charge in [-0.2, -0.15) is 0 Å². The van der Waals surface area contributed by atoms with Crippen molar-refractivity contribution in [3.05, 3.63) is 28.5 Å². The summed E-state index contributed by atoms with van der Waals surface area (Å²) in [5.74, 6) is 0.0136. The monoisotopic (exact) mass is 310 g/mol. The van der Waals surface area contributed by atoms with E-state index in [1.54, 1.807) is 12.3 Å². The highest BCUT2D eigenvalue weighted by Crippen LogP contribution is 2.18. The zero-order chi connectivity index (χ0) is 15.7. The number of amides is 1. The van der Waals surface area contributed by atoms with E-state index in [1.165, 1.54) is 0 Å². The van der Waals surface area contributed by atoms with E-state index < -0.39 is 0 Å². The van der Waals surface area contributed by atoms with E-state index in [-0.39, 0.29) is 5.91 Å². The van der Waals surface area contributed by atoms with E-state index in [0.717, 1.165) is 57.3 Å². The first kappa shape index (κ1) is 18.0. The van der Waals surface area contributed by atoms with Crippen molar-refractivity contribution in [2.45, 2.75) is 59.3 Å². The summed E-state index contributed by atoms with van der Waals surface area (Å²) < 4.78 is 0. The molecule has 3 nitrogen and oxygen atoms in total. The topological polar surface area (TPSA) is 33.2 Å². The number of carbonyl (C=O) groups is 1. The first-order valence-electron chi connectivity index (χ1n) is 8.01. The lowest BCUT2D eigenvalue weighted by atomic mass is 10.1. The Morgan fingerprint density at radius 1 is 1.14 bits per heavy atom. The molecule has 0 unspecified atom stereocenters. The third-order valence-electron chi connectivity index (χ3n) is 3.57. The number of hydrogen-bond acceptors (Lipinski definition) is 2. The van der Waals surface area contributed by atoms with Crippen molar-refractivity contribution in [1.82, 2.24) is 9.88 Å². The molecule has 0 atom stereocenters. The van der Waals surface area contributed by atoms with Crippen LogP contribution in [-0.4, -0.2) is 28.9 Å². The van der Waals surface area contributed by atoms with Crippen LogP contribution in [0, 0.1) is 6.92 Å². The van der Waals surface area contributed by atoms with Crippen molar-refractivity contribution < 1.29 is 4.79 Å². The highest BCUT2D eigenvalue weighted by molar-refractivity contribution is 6.33. The number of nitrogens with zero attached hydrogens (tertiary/aromatic N) is 2. The maximum atomic E-state index is 12.7. The summed E-state index contributed by atoms with van der Waals surface area (Å²) in [4.78, 5) is 18.8. The molecule has 0 saturated carbocycles. The molecule has 0 fully saturated rings. The first-order valence-corrected chi connectivity index (χ1v) is 8.39. The summed E-state index contributed by atoms with van der Waals surface area (Å²) in [7, 11) is 0. The van der Waals surface area contributed by atoms with Crippen molar-refractivity contribution in [2.75, 3.05) is 13.1 Å². The van der Waals surface area contributed by atoms with Crippen molar-refractivity contribution in [3.8, 4) is 0 Å². The molecule has 0 saturated heterocycles. The molecule has 118 valence electrons. The Hall–Kier alpha value is -1.09. The molecule has 1 rings (SSSR count). The molecule has 1 amide bonds. The van der Waals surface area contributed by atoms with Crippen LogP contribution in [0.2, 0.25) is 5.02 Å². The van der Waals surface area contributed by atoms with Gasteiger partial charge in [0.15, 0.2) is 0 Å². The quantitative estimate of drug-likeness (QED) is 0.610. The average Bonchev–Trinajstić information content (AvgIpc) is 2.45. The predicted molar refractivity (Wildman–Crippen MR) is 88.9 cm³/mol. The summed E-state index contributed by atoms with van der Waals surface area (Å²) in [6, 6.07) is 1.76. The molecule has 0 aliphatic carbocycles. The molecule has 0 radical (unpaired) electrons. The lowest BCUT2D eigenvalue weighted by molar-refractivity contribution is 0.0749. The van der Waals surface area contributed by atoms with Crippen LogP contribution in [0.4, 0.5) is 0 Å². The third-order valence-corrected chi connectivity index (χ3v) is 3.88. The van der Waals surface area contributed by atoms with Gasteiger partial charge in [-0.3, -0.25) is 9.78 Å². The first-order chi connectivity index (χ1) is 10.1. The summed E-state index contributed by atoms with van der Waals surface area (Å²) in [5, 5.41) is 0.503. The van der Waals surface area contributed by atoms with Gasteiger partial charge in [-0.05, 0) is 25.8 Å². The van der Waals surface area contributed by atoms with Crippen molar-refractivity contribution in [2.24, 2.45) is 0 Å². The molecule has 0 spiro atoms. The number of rotatable bonds is 9. The summed E-state index contributed by atoms with van der Waals surface area (Å²) in [6.45, 7) is 7.83. The number of carbonyl (C=O) groups excluding carboxylic acids is 1. The van der Waals surface area contributed by atoms with Gasteiger partial charge in [0.05, 0.1) is 10.6 Å². The lowest BCUT2D eigenvalue weighted by Crippen LogP contribution is -2.33. The Morgan fingerprint density at radius 2 is 1.71 bits per heavy atom. The number of halogens is 1. The van der Waals surface area contributed by atoms with Crippen LogP contribution < -0.4 is 0 Å². The molecule has 0 aliphatic rings. The highest BCUT2D eigenvalue weighted by atomic mass is 35.5.